The molecule has 0 saturated carbocycles. The Labute approximate surface area is 132 Å². The Kier molecular flexibility index (Phi) is 5.65. The summed E-state index contributed by atoms with van der Waals surface area (Å²) in [7, 11) is 0. The van der Waals surface area contributed by atoms with Gasteiger partial charge in [-0.3, -0.25) is 0 Å². The molecule has 21 heavy (non-hydrogen) atoms. The largest absolute Gasteiger partial charge is 0.326 e. The summed E-state index contributed by atoms with van der Waals surface area (Å²) in [6.45, 7) is 13.1. The van der Waals surface area contributed by atoms with E-state index in [9.17, 15) is 0 Å². The maximum Gasteiger partial charge on any atom is 0.112 e. The van der Waals surface area contributed by atoms with Crippen LogP contribution in [0.3, 0.4) is 0 Å². The van der Waals surface area contributed by atoms with Crippen LogP contribution in [0.15, 0.2) is 18.2 Å². The van der Waals surface area contributed by atoms with Gasteiger partial charge in [0.1, 0.15) is 5.82 Å². The maximum atomic E-state index is 6.18. The molecule has 4 heteroatoms. The Morgan fingerprint density at radius 1 is 1.24 bits per heavy atom. The number of hydrogen-bond donors (Lipinski definition) is 0. The minimum atomic E-state index is 0.466. The molecular formula is C17H26ClN3. The highest BCUT2D eigenvalue weighted by atomic mass is 35.5. The van der Waals surface area contributed by atoms with Gasteiger partial charge in [-0.2, -0.15) is 0 Å². The molecule has 0 amide bonds. The Morgan fingerprint density at radius 2 is 1.95 bits per heavy atom. The topological polar surface area (TPSA) is 21.1 Å². The zero-order valence-electron chi connectivity index (χ0n) is 13.6. The first-order chi connectivity index (χ1) is 10.1. The van der Waals surface area contributed by atoms with Crippen molar-refractivity contribution < 1.29 is 0 Å². The van der Waals surface area contributed by atoms with E-state index in [0.29, 0.717) is 5.92 Å². The van der Waals surface area contributed by atoms with Gasteiger partial charge in [0.25, 0.3) is 0 Å². The number of rotatable bonds is 7. The Balaban J connectivity index is 2.39. The molecule has 0 spiro atoms. The third-order valence-electron chi connectivity index (χ3n) is 4.33. The van der Waals surface area contributed by atoms with Crippen LogP contribution in [0.4, 0.5) is 0 Å². The highest BCUT2D eigenvalue weighted by Gasteiger charge is 2.16. The van der Waals surface area contributed by atoms with Crippen molar-refractivity contribution >= 4 is 22.6 Å². The molecule has 0 aliphatic heterocycles. The van der Waals surface area contributed by atoms with E-state index in [1.54, 1.807) is 0 Å². The first-order valence-corrected chi connectivity index (χ1v) is 8.36. The van der Waals surface area contributed by atoms with Crippen LogP contribution in [-0.2, 0) is 6.54 Å². The molecule has 1 unspecified atom stereocenters. The lowest BCUT2D eigenvalue weighted by Crippen LogP contribution is -2.27. The van der Waals surface area contributed by atoms with Gasteiger partial charge in [-0.15, -0.1) is 0 Å². The predicted octanol–water partition coefficient (Wildman–Crippen LogP) is 4.55. The van der Waals surface area contributed by atoms with E-state index in [4.69, 9.17) is 16.6 Å². The molecule has 0 saturated heterocycles. The second-order valence-corrected chi connectivity index (χ2v) is 6.03. The summed E-state index contributed by atoms with van der Waals surface area (Å²) in [5, 5.41) is 0.780. The monoisotopic (exact) mass is 307 g/mol. The molecular weight excluding hydrogens is 282 g/mol. The Morgan fingerprint density at radius 3 is 2.57 bits per heavy atom. The summed E-state index contributed by atoms with van der Waals surface area (Å²) in [5.41, 5.74) is 2.21. The number of benzene rings is 1. The number of aromatic nitrogens is 2. The molecule has 0 aliphatic carbocycles. The zero-order chi connectivity index (χ0) is 15.4. The van der Waals surface area contributed by atoms with Crippen molar-refractivity contribution in [1.29, 1.82) is 0 Å². The quantitative estimate of drug-likeness (QED) is 0.748. The highest BCUT2D eigenvalue weighted by Crippen LogP contribution is 2.26. The van der Waals surface area contributed by atoms with E-state index in [1.165, 1.54) is 5.82 Å². The molecule has 0 radical (unpaired) electrons. The van der Waals surface area contributed by atoms with E-state index >= 15 is 0 Å². The Bertz CT molecular complexity index is 587. The highest BCUT2D eigenvalue weighted by molar-refractivity contribution is 6.31. The molecule has 0 aliphatic rings. The molecule has 1 atom stereocenters. The molecule has 116 valence electrons. The fourth-order valence-corrected chi connectivity index (χ4v) is 2.86. The lowest BCUT2D eigenvalue weighted by molar-refractivity contribution is 0.290. The van der Waals surface area contributed by atoms with Gasteiger partial charge in [0, 0.05) is 24.0 Å². The van der Waals surface area contributed by atoms with Gasteiger partial charge >= 0.3 is 0 Å². The van der Waals surface area contributed by atoms with Gasteiger partial charge in [0.05, 0.1) is 11.0 Å². The third-order valence-corrected chi connectivity index (χ3v) is 4.56. The summed E-state index contributed by atoms with van der Waals surface area (Å²) in [5.74, 6) is 1.65. The van der Waals surface area contributed by atoms with Gasteiger partial charge in [-0.25, -0.2) is 4.98 Å². The lowest BCUT2D eigenvalue weighted by atomic mass is 10.1. The second kappa shape index (κ2) is 7.28. The van der Waals surface area contributed by atoms with Crippen molar-refractivity contribution in [2.75, 3.05) is 19.6 Å². The van der Waals surface area contributed by atoms with E-state index in [0.717, 1.165) is 48.7 Å². The summed E-state index contributed by atoms with van der Waals surface area (Å²) < 4.78 is 2.35. The molecule has 2 aromatic rings. The van der Waals surface area contributed by atoms with E-state index < -0.39 is 0 Å². The molecule has 1 aromatic carbocycles. The Hall–Kier alpha value is -1.06. The van der Waals surface area contributed by atoms with Crippen LogP contribution < -0.4 is 0 Å². The van der Waals surface area contributed by atoms with Gasteiger partial charge < -0.3 is 9.47 Å². The average molecular weight is 308 g/mol. The van der Waals surface area contributed by atoms with Crippen molar-refractivity contribution in [2.24, 2.45) is 0 Å². The minimum Gasteiger partial charge on any atom is -0.326 e. The zero-order valence-corrected chi connectivity index (χ0v) is 14.3. The number of hydrogen-bond acceptors (Lipinski definition) is 2. The van der Waals surface area contributed by atoms with Crippen molar-refractivity contribution in [2.45, 2.75) is 46.6 Å². The van der Waals surface area contributed by atoms with Crippen LogP contribution in [0.1, 0.15) is 45.9 Å². The van der Waals surface area contributed by atoms with Crippen molar-refractivity contribution in [3.05, 3.63) is 29.0 Å². The van der Waals surface area contributed by atoms with Crippen LogP contribution in [-0.4, -0.2) is 34.1 Å². The number of likely N-dealkylation sites (N-methyl/N-ethyl adjacent to an activating group) is 1. The van der Waals surface area contributed by atoms with Gasteiger partial charge in [-0.05, 0) is 37.7 Å². The predicted molar refractivity (Wildman–Crippen MR) is 91.2 cm³/mol. The normalized spacial score (nSPS) is 13.2. The van der Waals surface area contributed by atoms with E-state index in [2.05, 4.69) is 37.2 Å². The summed E-state index contributed by atoms with van der Waals surface area (Å²) in [6, 6.07) is 5.99. The third kappa shape index (κ3) is 3.58. The van der Waals surface area contributed by atoms with Gasteiger partial charge in [-0.1, -0.05) is 39.3 Å². The number of fused-ring (bicyclic) bond motifs is 1. The van der Waals surface area contributed by atoms with E-state index in [-0.39, 0.29) is 0 Å². The van der Waals surface area contributed by atoms with Crippen LogP contribution in [0.25, 0.3) is 11.0 Å². The lowest BCUT2D eigenvalue weighted by Gasteiger charge is -2.20. The maximum absolute atomic E-state index is 6.18. The molecule has 0 N–H and O–H groups in total. The second-order valence-electron chi connectivity index (χ2n) is 5.59. The van der Waals surface area contributed by atoms with Crippen molar-refractivity contribution in [3.63, 3.8) is 0 Å². The summed E-state index contributed by atoms with van der Waals surface area (Å²) >= 11 is 6.18. The molecule has 1 aromatic heterocycles. The van der Waals surface area contributed by atoms with E-state index in [1.807, 2.05) is 18.2 Å². The van der Waals surface area contributed by atoms with Crippen molar-refractivity contribution in [3.8, 4) is 0 Å². The van der Waals surface area contributed by atoms with Crippen LogP contribution >= 0.6 is 11.6 Å². The number of halogens is 1. The minimum absolute atomic E-state index is 0.466. The van der Waals surface area contributed by atoms with Crippen LogP contribution in [0.2, 0.25) is 5.02 Å². The average Bonchev–Trinajstić information content (AvgIpc) is 2.85. The first kappa shape index (κ1) is 16.3. The molecule has 2 rings (SSSR count). The fourth-order valence-electron chi connectivity index (χ4n) is 2.69. The molecule has 3 nitrogen and oxygen atoms in total. The van der Waals surface area contributed by atoms with Crippen LogP contribution in [0.5, 0.6) is 0 Å². The summed E-state index contributed by atoms with van der Waals surface area (Å²) in [4.78, 5) is 7.28. The standard InChI is InChI=1S/C17H26ClN3/c1-5-13(4)17-19-15-9-8-14(18)12-16(15)21(17)11-10-20(6-2)7-3/h8-9,12-13H,5-7,10-11H2,1-4H3. The van der Waals surface area contributed by atoms with Crippen LogP contribution in [0, 0.1) is 0 Å². The number of nitrogens with zero attached hydrogens (tertiary/aromatic N) is 3. The van der Waals surface area contributed by atoms with Crippen molar-refractivity contribution in [1.82, 2.24) is 14.5 Å². The fraction of sp³-hybridized carbons (Fsp3) is 0.588. The van der Waals surface area contributed by atoms with Gasteiger partial charge in [0.15, 0.2) is 0 Å². The SMILES string of the molecule is CCC(C)c1nc2ccc(Cl)cc2n1CCN(CC)CC. The first-order valence-electron chi connectivity index (χ1n) is 7.98. The smallest absolute Gasteiger partial charge is 0.112 e. The summed E-state index contributed by atoms with van der Waals surface area (Å²) in [6.07, 6.45) is 1.10. The molecule has 0 fully saturated rings. The number of imidazole rings is 1. The van der Waals surface area contributed by atoms with Gasteiger partial charge in [0.2, 0.25) is 0 Å². The molecule has 0 bridgehead atoms. The molecule has 1 heterocycles.